The van der Waals surface area contributed by atoms with E-state index in [1.807, 2.05) is 0 Å². The predicted molar refractivity (Wildman–Crippen MR) is 205 cm³/mol. The van der Waals surface area contributed by atoms with Gasteiger partial charge in [0.2, 0.25) is 0 Å². The number of hydrogen-bond acceptors (Lipinski definition) is 1. The molecule has 2 heteroatoms. The van der Waals surface area contributed by atoms with E-state index in [9.17, 15) is 0 Å². The zero-order chi connectivity index (χ0) is 32.1. The fourth-order valence-electron chi connectivity index (χ4n) is 8.27. The zero-order valence-electron chi connectivity index (χ0n) is 26.6. The zero-order valence-corrected chi connectivity index (χ0v) is 26.6. The Labute approximate surface area is 283 Å². The van der Waals surface area contributed by atoms with E-state index in [1.165, 1.54) is 88.2 Å². The fourth-order valence-corrected chi connectivity index (χ4v) is 8.27. The number of hydrogen-bond donors (Lipinski definition) is 0. The van der Waals surface area contributed by atoms with Crippen molar-refractivity contribution in [1.82, 2.24) is 9.38 Å². The van der Waals surface area contributed by atoms with Crippen LogP contribution in [0.5, 0.6) is 0 Å². The molecule has 3 heterocycles. The van der Waals surface area contributed by atoms with E-state index in [0.717, 1.165) is 16.9 Å². The topological polar surface area (TPSA) is 17.3 Å². The first-order chi connectivity index (χ1) is 24.3. The number of rotatable bonds is 4. The molecule has 11 rings (SSSR count). The largest absolute Gasteiger partial charge is 0.292 e. The van der Waals surface area contributed by atoms with Crippen LogP contribution < -0.4 is 0 Å². The lowest BCUT2D eigenvalue weighted by atomic mass is 9.93. The van der Waals surface area contributed by atoms with Crippen LogP contribution in [0.1, 0.15) is 0 Å². The average molecular weight is 621 g/mol. The van der Waals surface area contributed by atoms with Crippen molar-refractivity contribution in [3.8, 4) is 66.9 Å². The highest BCUT2D eigenvalue weighted by Crippen LogP contribution is 2.49. The lowest BCUT2D eigenvalue weighted by molar-refractivity contribution is 1.31. The minimum atomic E-state index is 0.983. The first-order valence-electron chi connectivity index (χ1n) is 16.9. The van der Waals surface area contributed by atoms with Crippen molar-refractivity contribution >= 4 is 38.2 Å². The van der Waals surface area contributed by atoms with Gasteiger partial charge in [0.1, 0.15) is 5.65 Å². The summed E-state index contributed by atoms with van der Waals surface area (Å²) in [5.41, 5.74) is 18.2. The van der Waals surface area contributed by atoms with Crippen LogP contribution in [0, 0.1) is 0 Å². The molecular formula is C47H28N2. The molecule has 3 aromatic heterocycles. The first kappa shape index (κ1) is 26.5. The summed E-state index contributed by atoms with van der Waals surface area (Å²) in [6, 6.07) is 61.9. The Balaban J connectivity index is 0.987. The number of aromatic nitrogens is 2. The summed E-state index contributed by atoms with van der Waals surface area (Å²) >= 11 is 0. The SMILES string of the molecule is c1ccc(-c2nc3cccc4c5ccc(-c6cccc(-c7ccc(-c8ccc9c%10c(cccc8%10)-c8ccccc8-9)cc7)c6)cc5c2n34)cc1. The fraction of sp³-hybridized carbons (Fsp3) is 0. The number of nitrogens with zero attached hydrogens (tertiary/aromatic N) is 2. The van der Waals surface area contributed by atoms with Crippen LogP contribution in [-0.2, 0) is 0 Å². The molecule has 0 atom stereocenters. The summed E-state index contributed by atoms with van der Waals surface area (Å²) in [4.78, 5) is 5.08. The highest BCUT2D eigenvalue weighted by atomic mass is 15.0. The van der Waals surface area contributed by atoms with Crippen LogP contribution in [-0.4, -0.2) is 9.38 Å². The quantitative estimate of drug-likeness (QED) is 0.191. The summed E-state index contributed by atoms with van der Waals surface area (Å²) in [6.07, 6.45) is 0. The van der Waals surface area contributed by atoms with Crippen LogP contribution >= 0.6 is 0 Å². The van der Waals surface area contributed by atoms with Gasteiger partial charge < -0.3 is 0 Å². The molecule has 226 valence electrons. The normalized spacial score (nSPS) is 12.1. The molecule has 0 N–H and O–H groups in total. The third-order valence-electron chi connectivity index (χ3n) is 10.5. The summed E-state index contributed by atoms with van der Waals surface area (Å²) in [6.45, 7) is 0. The molecule has 0 radical (unpaired) electrons. The molecule has 0 saturated carbocycles. The van der Waals surface area contributed by atoms with Gasteiger partial charge in [-0.2, -0.15) is 0 Å². The molecule has 0 saturated heterocycles. The monoisotopic (exact) mass is 620 g/mol. The number of pyridine rings is 1. The Morgan fingerprint density at radius 1 is 0.347 bits per heavy atom. The van der Waals surface area contributed by atoms with Crippen molar-refractivity contribution in [2.24, 2.45) is 0 Å². The Kier molecular flexibility index (Phi) is 5.42. The van der Waals surface area contributed by atoms with E-state index < -0.39 is 0 Å². The van der Waals surface area contributed by atoms with Crippen molar-refractivity contribution in [2.75, 3.05) is 0 Å². The van der Waals surface area contributed by atoms with Crippen molar-refractivity contribution in [1.29, 1.82) is 0 Å². The molecule has 0 bridgehead atoms. The van der Waals surface area contributed by atoms with E-state index in [4.69, 9.17) is 4.98 Å². The Morgan fingerprint density at radius 3 is 1.80 bits per heavy atom. The lowest BCUT2D eigenvalue weighted by Crippen LogP contribution is -1.85. The van der Waals surface area contributed by atoms with Gasteiger partial charge in [0.15, 0.2) is 0 Å². The Hall–Kier alpha value is -6.51. The van der Waals surface area contributed by atoms with Gasteiger partial charge in [-0.25, -0.2) is 4.98 Å². The molecule has 0 fully saturated rings. The molecule has 0 aliphatic heterocycles. The standard InChI is InChI=1S/C47H28N2/c1-2-9-31(10-3-1)46-47-42-28-34(23-24-38(42)43-17-8-18-44(48-46)49(43)47)33-12-6-11-32(27-33)29-19-21-30(22-20-29)35-25-26-41-37-14-5-4-13-36(37)40-16-7-15-39(35)45(40)41/h1-28H. The molecule has 0 spiro atoms. The van der Waals surface area contributed by atoms with Gasteiger partial charge in [0.25, 0.3) is 0 Å². The van der Waals surface area contributed by atoms with Crippen LogP contribution in [0.15, 0.2) is 170 Å². The molecular weight excluding hydrogens is 593 g/mol. The highest BCUT2D eigenvalue weighted by Gasteiger charge is 2.22. The number of fused-ring (bicyclic) bond motifs is 6. The predicted octanol–water partition coefficient (Wildman–Crippen LogP) is 12.5. The van der Waals surface area contributed by atoms with E-state index in [1.54, 1.807) is 0 Å². The van der Waals surface area contributed by atoms with Crippen LogP contribution in [0.3, 0.4) is 0 Å². The first-order valence-corrected chi connectivity index (χ1v) is 16.9. The lowest BCUT2D eigenvalue weighted by Gasteiger charge is -2.11. The smallest absolute Gasteiger partial charge is 0.138 e. The van der Waals surface area contributed by atoms with E-state index in [-0.39, 0.29) is 0 Å². The Morgan fingerprint density at radius 2 is 0.959 bits per heavy atom. The number of imidazole rings is 1. The van der Waals surface area contributed by atoms with Crippen molar-refractivity contribution in [3.05, 3.63) is 170 Å². The van der Waals surface area contributed by atoms with Gasteiger partial charge in [-0.1, -0.05) is 146 Å². The summed E-state index contributed by atoms with van der Waals surface area (Å²) in [5.74, 6) is 0. The van der Waals surface area contributed by atoms with Crippen LogP contribution in [0.4, 0.5) is 0 Å². The molecule has 0 unspecified atom stereocenters. The van der Waals surface area contributed by atoms with Gasteiger partial charge >= 0.3 is 0 Å². The van der Waals surface area contributed by atoms with Gasteiger partial charge in [0.05, 0.1) is 16.7 Å². The van der Waals surface area contributed by atoms with Gasteiger partial charge in [0, 0.05) is 16.3 Å². The van der Waals surface area contributed by atoms with Crippen molar-refractivity contribution in [2.45, 2.75) is 0 Å². The summed E-state index contributed by atoms with van der Waals surface area (Å²) in [7, 11) is 0. The second-order valence-corrected chi connectivity index (χ2v) is 13.1. The van der Waals surface area contributed by atoms with Gasteiger partial charge in [-0.15, -0.1) is 0 Å². The Bertz CT molecular complexity index is 2880. The maximum atomic E-state index is 5.08. The molecule has 49 heavy (non-hydrogen) atoms. The summed E-state index contributed by atoms with van der Waals surface area (Å²) in [5, 5.41) is 5.16. The van der Waals surface area contributed by atoms with Crippen LogP contribution in [0.2, 0.25) is 0 Å². The second-order valence-electron chi connectivity index (χ2n) is 13.1. The average Bonchev–Trinajstić information content (AvgIpc) is 3.84. The minimum Gasteiger partial charge on any atom is -0.292 e. The maximum absolute atomic E-state index is 5.08. The third-order valence-corrected chi connectivity index (χ3v) is 10.5. The number of benzene rings is 7. The molecule has 2 nitrogen and oxygen atoms in total. The van der Waals surface area contributed by atoms with Crippen molar-refractivity contribution < 1.29 is 0 Å². The minimum absolute atomic E-state index is 0.983. The van der Waals surface area contributed by atoms with E-state index in [0.29, 0.717) is 0 Å². The molecule has 1 aliphatic carbocycles. The van der Waals surface area contributed by atoms with Crippen molar-refractivity contribution in [3.63, 3.8) is 0 Å². The van der Waals surface area contributed by atoms with Gasteiger partial charge in [-0.05, 0) is 90.7 Å². The van der Waals surface area contributed by atoms with Gasteiger partial charge in [-0.3, -0.25) is 4.40 Å². The maximum Gasteiger partial charge on any atom is 0.138 e. The summed E-state index contributed by atoms with van der Waals surface area (Å²) < 4.78 is 2.32. The molecule has 0 amide bonds. The molecule has 10 aromatic rings. The van der Waals surface area contributed by atoms with Crippen LogP contribution in [0.25, 0.3) is 105 Å². The highest BCUT2D eigenvalue weighted by molar-refractivity contribution is 6.19. The molecule has 7 aromatic carbocycles. The van der Waals surface area contributed by atoms with E-state index >= 15 is 0 Å². The second kappa shape index (κ2) is 10.00. The van der Waals surface area contributed by atoms with E-state index in [2.05, 4.69) is 174 Å². The molecule has 1 aliphatic rings. The third kappa shape index (κ3) is 3.80.